The Bertz CT molecular complexity index is 465. The van der Waals surface area contributed by atoms with Crippen LogP contribution in [0.5, 0.6) is 0 Å². The first kappa shape index (κ1) is 11.4. The second kappa shape index (κ2) is 4.82. The standard InChI is InChI=1S/C11H16N6/c1-8(10-12-6-7-13-10)15-9-4-5-14-11(16-9)17(2)3/h4-8H,1-3H3,(H,12,13)(H,14,15,16). The molecule has 0 fully saturated rings. The first-order valence-electron chi connectivity index (χ1n) is 5.43. The maximum absolute atomic E-state index is 4.38. The summed E-state index contributed by atoms with van der Waals surface area (Å²) in [5.41, 5.74) is 0. The van der Waals surface area contributed by atoms with Gasteiger partial charge in [-0.15, -0.1) is 0 Å². The molecule has 0 aliphatic carbocycles. The van der Waals surface area contributed by atoms with Gasteiger partial charge in [-0.3, -0.25) is 0 Å². The summed E-state index contributed by atoms with van der Waals surface area (Å²) in [6.07, 6.45) is 5.27. The van der Waals surface area contributed by atoms with Gasteiger partial charge in [-0.25, -0.2) is 9.97 Å². The molecule has 6 nitrogen and oxygen atoms in total. The Balaban J connectivity index is 2.11. The minimum absolute atomic E-state index is 0.0786. The van der Waals surface area contributed by atoms with Crippen molar-refractivity contribution in [1.82, 2.24) is 19.9 Å². The lowest BCUT2D eigenvalue weighted by Crippen LogP contribution is -2.15. The first-order chi connectivity index (χ1) is 8.16. The van der Waals surface area contributed by atoms with E-state index in [9.17, 15) is 0 Å². The average molecular weight is 232 g/mol. The largest absolute Gasteiger partial charge is 0.360 e. The molecule has 2 aromatic rings. The van der Waals surface area contributed by atoms with Crippen LogP contribution in [0, 0.1) is 0 Å². The third kappa shape index (κ3) is 2.72. The highest BCUT2D eigenvalue weighted by atomic mass is 15.2. The fourth-order valence-corrected chi connectivity index (χ4v) is 1.45. The predicted octanol–water partition coefficient (Wildman–Crippen LogP) is 1.44. The normalized spacial score (nSPS) is 12.2. The number of rotatable bonds is 4. The number of anilines is 2. The Kier molecular flexibility index (Phi) is 3.22. The molecule has 0 amide bonds. The number of aromatic nitrogens is 4. The van der Waals surface area contributed by atoms with Gasteiger partial charge in [0.1, 0.15) is 11.6 Å². The summed E-state index contributed by atoms with van der Waals surface area (Å²) in [6, 6.07) is 1.92. The molecule has 0 radical (unpaired) electrons. The number of nitrogens with zero attached hydrogens (tertiary/aromatic N) is 4. The second-order valence-electron chi connectivity index (χ2n) is 3.98. The predicted molar refractivity (Wildman–Crippen MR) is 67.0 cm³/mol. The lowest BCUT2D eigenvalue weighted by atomic mass is 10.3. The van der Waals surface area contributed by atoms with Gasteiger partial charge in [0.2, 0.25) is 5.95 Å². The molecule has 2 heterocycles. The number of H-pyrrole nitrogens is 1. The van der Waals surface area contributed by atoms with E-state index in [0.29, 0.717) is 5.95 Å². The van der Waals surface area contributed by atoms with Gasteiger partial charge < -0.3 is 15.2 Å². The molecular weight excluding hydrogens is 216 g/mol. The number of nitrogens with one attached hydrogen (secondary N) is 2. The summed E-state index contributed by atoms with van der Waals surface area (Å²) in [6.45, 7) is 2.02. The molecule has 17 heavy (non-hydrogen) atoms. The van der Waals surface area contributed by atoms with Gasteiger partial charge in [0.25, 0.3) is 0 Å². The monoisotopic (exact) mass is 232 g/mol. The highest BCUT2D eigenvalue weighted by Crippen LogP contribution is 2.15. The first-order valence-corrected chi connectivity index (χ1v) is 5.43. The second-order valence-corrected chi connectivity index (χ2v) is 3.98. The zero-order chi connectivity index (χ0) is 12.3. The molecule has 1 unspecified atom stereocenters. The van der Waals surface area contributed by atoms with Crippen LogP contribution < -0.4 is 10.2 Å². The van der Waals surface area contributed by atoms with Crippen LogP contribution in [0.25, 0.3) is 0 Å². The van der Waals surface area contributed by atoms with Crippen LogP contribution in [0.3, 0.4) is 0 Å². The smallest absolute Gasteiger partial charge is 0.226 e. The van der Waals surface area contributed by atoms with E-state index in [1.165, 1.54) is 0 Å². The maximum Gasteiger partial charge on any atom is 0.226 e. The average Bonchev–Trinajstić information content (AvgIpc) is 2.82. The third-order valence-electron chi connectivity index (χ3n) is 2.34. The molecule has 0 bridgehead atoms. The minimum Gasteiger partial charge on any atom is -0.360 e. The summed E-state index contributed by atoms with van der Waals surface area (Å²) < 4.78 is 0. The topological polar surface area (TPSA) is 69.7 Å². The summed E-state index contributed by atoms with van der Waals surface area (Å²) in [7, 11) is 3.82. The van der Waals surface area contributed by atoms with Crippen LogP contribution in [-0.4, -0.2) is 34.0 Å². The van der Waals surface area contributed by atoms with Crippen LogP contribution in [0.1, 0.15) is 18.8 Å². The molecule has 0 aromatic carbocycles. The number of aromatic amines is 1. The van der Waals surface area contributed by atoms with Gasteiger partial charge >= 0.3 is 0 Å². The fourth-order valence-electron chi connectivity index (χ4n) is 1.45. The lowest BCUT2D eigenvalue weighted by molar-refractivity contribution is 0.801. The van der Waals surface area contributed by atoms with Gasteiger partial charge in [-0.2, -0.15) is 4.98 Å². The number of hydrogen-bond donors (Lipinski definition) is 2. The molecule has 2 aromatic heterocycles. The van der Waals surface area contributed by atoms with E-state index >= 15 is 0 Å². The molecule has 0 aliphatic heterocycles. The molecule has 0 aliphatic rings. The van der Waals surface area contributed by atoms with Crippen molar-refractivity contribution in [2.75, 3.05) is 24.3 Å². The Labute approximate surface area is 100 Å². The van der Waals surface area contributed by atoms with E-state index < -0.39 is 0 Å². The van der Waals surface area contributed by atoms with Gasteiger partial charge in [-0.05, 0) is 13.0 Å². The molecule has 0 saturated carbocycles. The molecule has 2 rings (SSSR count). The molecule has 90 valence electrons. The molecule has 6 heteroatoms. The van der Waals surface area contributed by atoms with Gasteiger partial charge in [0.15, 0.2) is 0 Å². The van der Waals surface area contributed by atoms with Crippen LogP contribution in [0.15, 0.2) is 24.7 Å². The van der Waals surface area contributed by atoms with Crippen molar-refractivity contribution in [2.45, 2.75) is 13.0 Å². The maximum atomic E-state index is 4.38. The highest BCUT2D eigenvalue weighted by molar-refractivity contribution is 5.41. The summed E-state index contributed by atoms with van der Waals surface area (Å²) in [5.74, 6) is 2.35. The van der Waals surface area contributed by atoms with Crippen molar-refractivity contribution in [3.63, 3.8) is 0 Å². The quantitative estimate of drug-likeness (QED) is 0.834. The lowest BCUT2D eigenvalue weighted by Gasteiger charge is -2.14. The molecule has 0 spiro atoms. The summed E-state index contributed by atoms with van der Waals surface area (Å²) in [5, 5.41) is 3.27. The van der Waals surface area contributed by atoms with Crippen LogP contribution in [0.2, 0.25) is 0 Å². The molecular formula is C11H16N6. The molecule has 1 atom stereocenters. The van der Waals surface area contributed by atoms with Crippen LogP contribution in [0.4, 0.5) is 11.8 Å². The van der Waals surface area contributed by atoms with Gasteiger partial charge in [0, 0.05) is 32.7 Å². The van der Waals surface area contributed by atoms with Gasteiger partial charge in [-0.1, -0.05) is 0 Å². The van der Waals surface area contributed by atoms with Crippen molar-refractivity contribution in [3.05, 3.63) is 30.5 Å². The fraction of sp³-hybridized carbons (Fsp3) is 0.364. The highest BCUT2D eigenvalue weighted by Gasteiger charge is 2.08. The minimum atomic E-state index is 0.0786. The van der Waals surface area contributed by atoms with Crippen molar-refractivity contribution >= 4 is 11.8 Å². The van der Waals surface area contributed by atoms with E-state index in [0.717, 1.165) is 11.6 Å². The summed E-state index contributed by atoms with van der Waals surface area (Å²) in [4.78, 5) is 17.7. The molecule has 2 N–H and O–H groups in total. The molecule has 0 saturated heterocycles. The van der Waals surface area contributed by atoms with E-state index in [1.807, 2.05) is 32.0 Å². The van der Waals surface area contributed by atoms with E-state index in [2.05, 4.69) is 25.3 Å². The van der Waals surface area contributed by atoms with Crippen LogP contribution >= 0.6 is 0 Å². The summed E-state index contributed by atoms with van der Waals surface area (Å²) >= 11 is 0. The SMILES string of the molecule is CC(Nc1ccnc(N(C)C)n1)c1ncc[nH]1. The van der Waals surface area contributed by atoms with Crippen LogP contribution in [-0.2, 0) is 0 Å². The Hall–Kier alpha value is -2.11. The van der Waals surface area contributed by atoms with E-state index in [4.69, 9.17) is 0 Å². The zero-order valence-corrected chi connectivity index (χ0v) is 10.2. The van der Waals surface area contributed by atoms with E-state index in [1.54, 1.807) is 18.6 Å². The Morgan fingerprint density at radius 1 is 1.29 bits per heavy atom. The zero-order valence-electron chi connectivity index (χ0n) is 10.2. The van der Waals surface area contributed by atoms with Gasteiger partial charge in [0.05, 0.1) is 6.04 Å². The van der Waals surface area contributed by atoms with Crippen molar-refractivity contribution in [2.24, 2.45) is 0 Å². The van der Waals surface area contributed by atoms with Crippen molar-refractivity contribution in [3.8, 4) is 0 Å². The number of hydrogen-bond acceptors (Lipinski definition) is 5. The van der Waals surface area contributed by atoms with Crippen molar-refractivity contribution < 1.29 is 0 Å². The van der Waals surface area contributed by atoms with Crippen molar-refractivity contribution in [1.29, 1.82) is 0 Å². The Morgan fingerprint density at radius 3 is 2.76 bits per heavy atom. The Morgan fingerprint density at radius 2 is 2.12 bits per heavy atom. The number of imidazole rings is 1. The van der Waals surface area contributed by atoms with E-state index in [-0.39, 0.29) is 6.04 Å². The third-order valence-corrected chi connectivity index (χ3v) is 2.34.